The van der Waals surface area contributed by atoms with E-state index >= 15 is 0 Å². The zero-order chi connectivity index (χ0) is 32.1. The van der Waals surface area contributed by atoms with Crippen molar-refractivity contribution in [1.29, 1.82) is 0 Å². The summed E-state index contributed by atoms with van der Waals surface area (Å²) >= 11 is 0. The third kappa shape index (κ3) is 7.96. The summed E-state index contributed by atoms with van der Waals surface area (Å²) < 4.78 is 0. The van der Waals surface area contributed by atoms with E-state index in [1.165, 1.54) is 71.3 Å². The Morgan fingerprint density at radius 3 is 1.74 bits per heavy atom. The van der Waals surface area contributed by atoms with Crippen LogP contribution in [0, 0.1) is 6.92 Å². The van der Waals surface area contributed by atoms with E-state index in [0.29, 0.717) is 5.92 Å². The first-order chi connectivity index (χ1) is 21.6. The summed E-state index contributed by atoms with van der Waals surface area (Å²) in [4.78, 5) is 0. The molecular weight excluding hydrogens is 648 g/mol. The van der Waals surface area contributed by atoms with Crippen molar-refractivity contribution < 1.29 is 26.2 Å². The van der Waals surface area contributed by atoms with Gasteiger partial charge in [0, 0.05) is 9.52 Å². The van der Waals surface area contributed by atoms with E-state index in [9.17, 15) is 0 Å². The van der Waals surface area contributed by atoms with Gasteiger partial charge >= 0.3 is 26.2 Å². The van der Waals surface area contributed by atoms with Crippen molar-refractivity contribution in [3.8, 4) is 22.3 Å². The minimum Gasteiger partial charge on any atom is -0.165 e. The number of fused-ring (bicyclic) bond motifs is 3. The number of hydrogen-bond donors (Lipinski definition) is 0. The molecule has 0 atom stereocenters. The molecular formula is C44H46SiZr. The Kier molecular flexibility index (Phi) is 12.0. The summed E-state index contributed by atoms with van der Waals surface area (Å²) in [5, 5.41) is 8.01. The third-order valence-corrected chi connectivity index (χ3v) is 8.48. The first-order valence-corrected chi connectivity index (χ1v) is 18.1. The van der Waals surface area contributed by atoms with Crippen LogP contribution in [0.1, 0.15) is 57.2 Å². The molecule has 0 unspecified atom stereocenters. The van der Waals surface area contributed by atoms with Gasteiger partial charge in [-0.3, -0.25) is 0 Å². The summed E-state index contributed by atoms with van der Waals surface area (Å²) in [7, 11) is 1.08. The Hall–Kier alpha value is -3.32. The van der Waals surface area contributed by atoms with Gasteiger partial charge in [0.05, 0.1) is 0 Å². The number of hydrogen-bond acceptors (Lipinski definition) is 0. The van der Waals surface area contributed by atoms with Crippen molar-refractivity contribution in [1.82, 2.24) is 0 Å². The van der Waals surface area contributed by atoms with Crippen molar-refractivity contribution >= 4 is 41.8 Å². The molecule has 230 valence electrons. The van der Waals surface area contributed by atoms with E-state index in [1.54, 1.807) is 0 Å². The van der Waals surface area contributed by atoms with Gasteiger partial charge in [0.1, 0.15) is 0 Å². The van der Waals surface area contributed by atoms with Crippen molar-refractivity contribution in [2.75, 3.05) is 0 Å². The second-order valence-electron chi connectivity index (χ2n) is 13.4. The van der Waals surface area contributed by atoms with E-state index in [2.05, 4.69) is 182 Å². The van der Waals surface area contributed by atoms with Crippen LogP contribution in [0.4, 0.5) is 0 Å². The van der Waals surface area contributed by atoms with Gasteiger partial charge in [0.15, 0.2) is 0 Å². The fourth-order valence-corrected chi connectivity index (χ4v) is 6.07. The summed E-state index contributed by atoms with van der Waals surface area (Å²) in [6, 6.07) is 46.6. The van der Waals surface area contributed by atoms with Gasteiger partial charge in [-0.25, -0.2) is 0 Å². The summed E-state index contributed by atoms with van der Waals surface area (Å²) in [6.07, 6.45) is 0. The Morgan fingerprint density at radius 2 is 1.11 bits per heavy atom. The number of benzene rings is 5. The monoisotopic (exact) mass is 692 g/mol. The SMILES string of the molecule is CC(C)c1cc2c(-c3ccc(C(C)(C)C)cc3)cccc2[cH-]1.C[Si]C.Cc1cc2c(-c3cccc4ccccc34)cccc2[cH-]1.[Zr+2]. The maximum absolute atomic E-state index is 2.35. The van der Waals surface area contributed by atoms with Gasteiger partial charge in [-0.1, -0.05) is 145 Å². The Labute approximate surface area is 298 Å². The molecule has 2 radical (unpaired) electrons. The first kappa shape index (κ1) is 35.5. The molecule has 0 bridgehead atoms. The number of aryl methyl sites for hydroxylation is 1. The van der Waals surface area contributed by atoms with Crippen molar-refractivity contribution in [3.63, 3.8) is 0 Å². The van der Waals surface area contributed by atoms with Crippen LogP contribution in [0.3, 0.4) is 0 Å². The van der Waals surface area contributed by atoms with Crippen molar-refractivity contribution in [2.24, 2.45) is 0 Å². The maximum Gasteiger partial charge on any atom is 2.00 e. The second kappa shape index (κ2) is 15.5. The topological polar surface area (TPSA) is 0 Å². The Bertz CT molecular complexity index is 2010. The van der Waals surface area contributed by atoms with Gasteiger partial charge in [-0.2, -0.15) is 12.1 Å². The molecule has 7 aromatic carbocycles. The molecule has 46 heavy (non-hydrogen) atoms. The van der Waals surface area contributed by atoms with Crippen LogP contribution >= 0.6 is 0 Å². The van der Waals surface area contributed by atoms with Crippen LogP contribution in [-0.4, -0.2) is 9.52 Å². The smallest absolute Gasteiger partial charge is 0.165 e. The normalized spacial score (nSPS) is 11.2. The fourth-order valence-electron chi connectivity index (χ4n) is 6.07. The molecule has 0 amide bonds. The molecule has 0 heterocycles. The van der Waals surface area contributed by atoms with Crippen LogP contribution in [0.5, 0.6) is 0 Å². The molecule has 2 heteroatoms. The minimum atomic E-state index is 0. The quantitative estimate of drug-likeness (QED) is 0.128. The van der Waals surface area contributed by atoms with E-state index in [4.69, 9.17) is 0 Å². The molecule has 0 nitrogen and oxygen atoms in total. The fraction of sp³-hybridized carbons (Fsp3) is 0.227. The molecule has 0 aliphatic heterocycles. The van der Waals surface area contributed by atoms with Crippen LogP contribution in [-0.2, 0) is 31.6 Å². The molecule has 7 rings (SSSR count). The predicted octanol–water partition coefficient (Wildman–Crippen LogP) is 13.1. The largest absolute Gasteiger partial charge is 2.00 e. The summed E-state index contributed by atoms with van der Waals surface area (Å²) in [6.45, 7) is 17.8. The molecule has 0 fully saturated rings. The molecule has 0 saturated carbocycles. The summed E-state index contributed by atoms with van der Waals surface area (Å²) in [5.74, 6) is 0.573. The van der Waals surface area contributed by atoms with Gasteiger partial charge in [-0.15, -0.1) is 69.1 Å². The molecule has 0 spiro atoms. The second-order valence-corrected chi connectivity index (χ2v) is 14.4. The summed E-state index contributed by atoms with van der Waals surface area (Å²) in [5.41, 5.74) is 9.63. The van der Waals surface area contributed by atoms with Gasteiger partial charge < -0.3 is 0 Å². The van der Waals surface area contributed by atoms with E-state index in [-0.39, 0.29) is 31.6 Å². The maximum atomic E-state index is 2.35. The van der Waals surface area contributed by atoms with Crippen molar-refractivity contribution in [2.45, 2.75) is 66.0 Å². The Morgan fingerprint density at radius 1 is 0.587 bits per heavy atom. The number of rotatable bonds is 3. The van der Waals surface area contributed by atoms with E-state index in [1.807, 2.05) is 0 Å². The van der Waals surface area contributed by atoms with Crippen molar-refractivity contribution in [3.05, 3.63) is 144 Å². The zero-order valence-electron chi connectivity index (χ0n) is 28.7. The van der Waals surface area contributed by atoms with E-state index < -0.39 is 0 Å². The van der Waals surface area contributed by atoms with Crippen LogP contribution in [0.15, 0.2) is 127 Å². The molecule has 0 aliphatic carbocycles. The van der Waals surface area contributed by atoms with E-state index in [0.717, 1.165) is 9.52 Å². The van der Waals surface area contributed by atoms with Crippen LogP contribution < -0.4 is 0 Å². The van der Waals surface area contributed by atoms with Gasteiger partial charge in [0.2, 0.25) is 0 Å². The molecule has 0 saturated heterocycles. The average Bonchev–Trinajstić information content (AvgIpc) is 3.64. The predicted molar refractivity (Wildman–Crippen MR) is 202 cm³/mol. The standard InChI is InChI=1S/C22H25.C20H15.C2H6Si.Zr/c1-15(2)18-13-17-7-6-8-20(21(17)14-18)16-9-11-19(12-10-16)22(3,4)5;1-14-12-16-8-5-11-19(20(16)13-14)18-10-4-7-15-6-2-3-9-17(15)18;1-3-2;/h6-15H,1-5H3;2-13H,1H3;1-2H3;/q2*-1;;+2. The van der Waals surface area contributed by atoms with Crippen LogP contribution in [0.25, 0.3) is 54.6 Å². The molecule has 7 aromatic rings. The Balaban J connectivity index is 0.000000189. The molecule has 0 N–H and O–H groups in total. The van der Waals surface area contributed by atoms with Gasteiger partial charge in [0.25, 0.3) is 0 Å². The first-order valence-electron chi connectivity index (χ1n) is 16.1. The third-order valence-electron chi connectivity index (χ3n) is 8.48. The minimum absolute atomic E-state index is 0. The van der Waals surface area contributed by atoms with Gasteiger partial charge in [-0.05, 0) is 38.8 Å². The molecule has 0 aromatic heterocycles. The average molecular weight is 694 g/mol. The van der Waals surface area contributed by atoms with Crippen LogP contribution in [0.2, 0.25) is 13.1 Å². The molecule has 0 aliphatic rings. The zero-order valence-corrected chi connectivity index (χ0v) is 32.2.